The summed E-state index contributed by atoms with van der Waals surface area (Å²) in [7, 11) is 1.82. The second kappa shape index (κ2) is 8.35. The molecule has 1 aliphatic rings. The van der Waals surface area contributed by atoms with Gasteiger partial charge in [-0.3, -0.25) is 4.79 Å². The van der Waals surface area contributed by atoms with E-state index in [4.69, 9.17) is 0 Å². The van der Waals surface area contributed by atoms with E-state index in [0.29, 0.717) is 6.54 Å². The summed E-state index contributed by atoms with van der Waals surface area (Å²) in [5.41, 5.74) is 0.798. The van der Waals surface area contributed by atoms with Crippen LogP contribution in [-0.4, -0.2) is 42.1 Å². The number of nitrogens with one attached hydrogen (secondary N) is 3. The van der Waals surface area contributed by atoms with Crippen LogP contribution in [0.1, 0.15) is 37.1 Å². The van der Waals surface area contributed by atoms with Crippen LogP contribution in [0.3, 0.4) is 0 Å². The fraction of sp³-hybridized carbons (Fsp3) is 0.562. The van der Waals surface area contributed by atoms with Crippen LogP contribution in [0.15, 0.2) is 6.20 Å². The van der Waals surface area contributed by atoms with Gasteiger partial charge in [-0.25, -0.2) is 9.97 Å². The number of nitrogens with zero attached hydrogens (tertiary/aromatic N) is 2. The molecule has 0 unspecified atom stereocenters. The molecule has 0 aromatic carbocycles. The fourth-order valence-electron chi connectivity index (χ4n) is 2.33. The van der Waals surface area contributed by atoms with Gasteiger partial charge in [-0.2, -0.15) is 0 Å². The average molecular weight is 301 g/mol. The van der Waals surface area contributed by atoms with E-state index in [1.807, 2.05) is 14.0 Å². The number of anilines is 1. The highest BCUT2D eigenvalue weighted by Gasteiger charge is 2.20. The van der Waals surface area contributed by atoms with E-state index >= 15 is 0 Å². The predicted molar refractivity (Wildman–Crippen MR) is 86.5 cm³/mol. The van der Waals surface area contributed by atoms with Crippen molar-refractivity contribution in [1.82, 2.24) is 20.6 Å². The maximum absolute atomic E-state index is 11.8. The van der Waals surface area contributed by atoms with Crippen molar-refractivity contribution in [1.29, 1.82) is 0 Å². The molecule has 2 heterocycles. The van der Waals surface area contributed by atoms with Gasteiger partial charge in [-0.15, -0.1) is 0 Å². The largest absolute Gasteiger partial charge is 0.372 e. The van der Waals surface area contributed by atoms with Crippen molar-refractivity contribution in [3.8, 4) is 11.8 Å². The number of carbonyl (C=O) groups is 1. The third-order valence-electron chi connectivity index (χ3n) is 3.52. The Kier molecular flexibility index (Phi) is 6.16. The van der Waals surface area contributed by atoms with Crippen LogP contribution >= 0.6 is 0 Å². The molecule has 6 nitrogen and oxygen atoms in total. The van der Waals surface area contributed by atoms with E-state index in [1.54, 1.807) is 6.20 Å². The van der Waals surface area contributed by atoms with E-state index in [1.165, 1.54) is 0 Å². The first-order valence-electron chi connectivity index (χ1n) is 7.72. The van der Waals surface area contributed by atoms with Gasteiger partial charge >= 0.3 is 0 Å². The van der Waals surface area contributed by atoms with E-state index in [9.17, 15) is 4.79 Å². The molecule has 1 amide bonds. The van der Waals surface area contributed by atoms with Crippen molar-refractivity contribution in [2.24, 2.45) is 0 Å². The van der Waals surface area contributed by atoms with Crippen molar-refractivity contribution in [3.63, 3.8) is 0 Å². The highest BCUT2D eigenvalue weighted by Crippen LogP contribution is 2.09. The summed E-state index contributed by atoms with van der Waals surface area (Å²) in [4.78, 5) is 20.2. The molecular formula is C16H23N5O. The van der Waals surface area contributed by atoms with Crippen LogP contribution in [0, 0.1) is 18.8 Å². The van der Waals surface area contributed by atoms with Crippen LogP contribution in [-0.2, 0) is 4.79 Å². The molecule has 2 rings (SSSR count). The minimum atomic E-state index is -0.00558. The van der Waals surface area contributed by atoms with E-state index in [-0.39, 0.29) is 11.9 Å². The normalized spacial score (nSPS) is 16.7. The Morgan fingerprint density at radius 1 is 1.55 bits per heavy atom. The predicted octanol–water partition coefficient (Wildman–Crippen LogP) is 0.827. The maximum atomic E-state index is 11.8. The second-order valence-electron chi connectivity index (χ2n) is 5.27. The standard InChI is InChI=1S/C16H23N5O/c1-12-20-11-13(15(17-2)21-12)7-4-3-5-9-19-16(22)14-8-6-10-18-14/h11,14,18H,3,5-6,8-10H2,1-2H3,(H,19,22)(H,17,20,21)/t14-/m0/s1. The quantitative estimate of drug-likeness (QED) is 0.554. The van der Waals surface area contributed by atoms with Gasteiger partial charge in [0.05, 0.1) is 11.6 Å². The van der Waals surface area contributed by atoms with Crippen molar-refractivity contribution < 1.29 is 4.79 Å². The number of hydrogen-bond donors (Lipinski definition) is 3. The van der Waals surface area contributed by atoms with Gasteiger partial charge in [-0.1, -0.05) is 11.8 Å². The number of amides is 1. The molecule has 0 radical (unpaired) electrons. The van der Waals surface area contributed by atoms with Crippen molar-refractivity contribution >= 4 is 11.7 Å². The lowest BCUT2D eigenvalue weighted by molar-refractivity contribution is -0.122. The number of rotatable bonds is 5. The van der Waals surface area contributed by atoms with Gasteiger partial charge in [0.1, 0.15) is 11.6 Å². The van der Waals surface area contributed by atoms with Crippen LogP contribution in [0.4, 0.5) is 5.82 Å². The van der Waals surface area contributed by atoms with Crippen molar-refractivity contribution in [2.45, 2.75) is 38.6 Å². The van der Waals surface area contributed by atoms with Crippen LogP contribution in [0.25, 0.3) is 0 Å². The molecule has 0 spiro atoms. The minimum Gasteiger partial charge on any atom is -0.372 e. The first-order chi connectivity index (χ1) is 10.7. The zero-order valence-corrected chi connectivity index (χ0v) is 13.2. The number of hydrogen-bond acceptors (Lipinski definition) is 5. The van der Waals surface area contributed by atoms with Gasteiger partial charge in [0, 0.05) is 26.2 Å². The average Bonchev–Trinajstić information content (AvgIpc) is 3.06. The zero-order valence-electron chi connectivity index (χ0n) is 13.2. The van der Waals surface area contributed by atoms with Crippen LogP contribution in [0.5, 0.6) is 0 Å². The summed E-state index contributed by atoms with van der Waals surface area (Å²) in [5, 5.41) is 9.15. The lowest BCUT2D eigenvalue weighted by Gasteiger charge is -2.09. The SMILES string of the molecule is CNc1nc(C)ncc1C#CCCCNC(=O)[C@@H]1CCCN1. The number of aromatic nitrogens is 2. The third kappa shape index (κ3) is 4.71. The van der Waals surface area contributed by atoms with Gasteiger partial charge < -0.3 is 16.0 Å². The first-order valence-corrected chi connectivity index (χ1v) is 7.72. The fourth-order valence-corrected chi connectivity index (χ4v) is 2.33. The van der Waals surface area contributed by atoms with E-state index in [2.05, 4.69) is 37.8 Å². The van der Waals surface area contributed by atoms with Gasteiger partial charge in [-0.05, 0) is 32.7 Å². The Hall–Kier alpha value is -2.13. The van der Waals surface area contributed by atoms with Crippen molar-refractivity contribution in [3.05, 3.63) is 17.6 Å². The molecule has 0 bridgehead atoms. The monoisotopic (exact) mass is 301 g/mol. The molecule has 1 saturated heterocycles. The Morgan fingerprint density at radius 3 is 3.14 bits per heavy atom. The first kappa shape index (κ1) is 16.2. The van der Waals surface area contributed by atoms with Crippen LogP contribution in [0.2, 0.25) is 0 Å². The Labute approximate surface area is 131 Å². The highest BCUT2D eigenvalue weighted by molar-refractivity contribution is 5.81. The summed E-state index contributed by atoms with van der Waals surface area (Å²) in [6, 6.07) is -0.00558. The van der Waals surface area contributed by atoms with Crippen LogP contribution < -0.4 is 16.0 Å². The Bertz CT molecular complexity index is 570. The Morgan fingerprint density at radius 2 is 2.41 bits per heavy atom. The molecule has 3 N–H and O–H groups in total. The molecule has 1 aromatic rings. The van der Waals surface area contributed by atoms with Gasteiger partial charge in [0.15, 0.2) is 0 Å². The number of unbranched alkanes of at least 4 members (excludes halogenated alkanes) is 1. The summed E-state index contributed by atoms with van der Waals surface area (Å²) >= 11 is 0. The number of carbonyl (C=O) groups excluding carboxylic acids is 1. The molecule has 1 fully saturated rings. The molecule has 1 aliphatic heterocycles. The van der Waals surface area contributed by atoms with E-state index < -0.39 is 0 Å². The summed E-state index contributed by atoms with van der Waals surface area (Å²) in [5.74, 6) is 7.75. The third-order valence-corrected chi connectivity index (χ3v) is 3.52. The molecule has 1 aromatic heterocycles. The maximum Gasteiger partial charge on any atom is 0.237 e. The molecular weight excluding hydrogens is 278 g/mol. The molecule has 0 aliphatic carbocycles. The summed E-state index contributed by atoms with van der Waals surface area (Å²) in [6.45, 7) is 3.45. The summed E-state index contributed by atoms with van der Waals surface area (Å²) in [6.07, 6.45) is 5.32. The smallest absolute Gasteiger partial charge is 0.237 e. The minimum absolute atomic E-state index is 0.00558. The summed E-state index contributed by atoms with van der Waals surface area (Å²) < 4.78 is 0. The molecule has 6 heteroatoms. The van der Waals surface area contributed by atoms with E-state index in [0.717, 1.165) is 49.4 Å². The second-order valence-corrected chi connectivity index (χ2v) is 5.27. The topological polar surface area (TPSA) is 78.9 Å². The number of aryl methyl sites for hydroxylation is 1. The molecule has 22 heavy (non-hydrogen) atoms. The zero-order chi connectivity index (χ0) is 15.8. The molecule has 118 valence electrons. The van der Waals surface area contributed by atoms with Crippen molar-refractivity contribution in [2.75, 3.05) is 25.5 Å². The molecule has 1 atom stereocenters. The lowest BCUT2D eigenvalue weighted by atomic mass is 10.2. The molecule has 0 saturated carbocycles. The lowest BCUT2D eigenvalue weighted by Crippen LogP contribution is -2.40. The Balaban J connectivity index is 1.72. The van der Waals surface area contributed by atoms with Gasteiger partial charge in [0.2, 0.25) is 5.91 Å². The highest BCUT2D eigenvalue weighted by atomic mass is 16.2. The van der Waals surface area contributed by atoms with Gasteiger partial charge in [0.25, 0.3) is 0 Å².